The average Bonchev–Trinajstić information content (AvgIpc) is 3.52. The molecule has 9 nitrogen and oxygen atoms in total. The number of aromatic amines is 1. The molecule has 0 amide bonds. The number of halogens is 4. The maximum atomic E-state index is 15.5. The average molecular weight is 535 g/mol. The predicted octanol–water partition coefficient (Wildman–Crippen LogP) is 4.67. The summed E-state index contributed by atoms with van der Waals surface area (Å²) in [6.07, 6.45) is 3.82. The zero-order valence-electron chi connectivity index (χ0n) is 18.1. The van der Waals surface area contributed by atoms with E-state index in [1.165, 1.54) is 31.6 Å². The molecule has 0 bridgehead atoms. The molecule has 0 atom stereocenters. The van der Waals surface area contributed by atoms with Crippen molar-refractivity contribution >= 4 is 32.8 Å². The number of H-pyrrole nitrogens is 1. The van der Waals surface area contributed by atoms with Crippen LogP contribution in [-0.4, -0.2) is 40.1 Å². The summed E-state index contributed by atoms with van der Waals surface area (Å²) in [5.74, 6) is -3.74. The van der Waals surface area contributed by atoms with E-state index in [-0.39, 0.29) is 10.9 Å². The number of nitrogens with one attached hydrogen (secondary N) is 2. The first-order valence-electron chi connectivity index (χ1n) is 10.1. The number of nitrogens with zero attached hydrogens (tertiary/aromatic N) is 4. The minimum absolute atomic E-state index is 0.0124. The summed E-state index contributed by atoms with van der Waals surface area (Å²) in [6.45, 7) is 0. The number of aromatic nitrogens is 5. The van der Waals surface area contributed by atoms with Gasteiger partial charge in [0.2, 0.25) is 11.8 Å². The molecule has 0 saturated carbocycles. The highest BCUT2D eigenvalue weighted by atomic mass is 35.5. The number of imidazole rings is 1. The number of hydrogen-bond donors (Lipinski definition) is 2. The molecule has 0 radical (unpaired) electrons. The van der Waals surface area contributed by atoms with Gasteiger partial charge in [-0.15, -0.1) is 0 Å². The normalized spacial score (nSPS) is 11.7. The van der Waals surface area contributed by atoms with E-state index in [1.807, 2.05) is 4.72 Å². The summed E-state index contributed by atoms with van der Waals surface area (Å²) < 4.78 is 79.6. The molecule has 0 aliphatic heterocycles. The topological polar surface area (TPSA) is 114 Å². The number of rotatable bonds is 6. The summed E-state index contributed by atoms with van der Waals surface area (Å²) in [4.78, 5) is 7.45. The monoisotopic (exact) mass is 534 g/mol. The van der Waals surface area contributed by atoms with Gasteiger partial charge in [-0.05, 0) is 36.4 Å². The minimum atomic E-state index is -4.48. The maximum absolute atomic E-state index is 15.5. The van der Waals surface area contributed by atoms with E-state index in [0.717, 1.165) is 28.9 Å². The van der Waals surface area contributed by atoms with E-state index in [1.54, 1.807) is 6.07 Å². The lowest BCUT2D eigenvalue weighted by Crippen LogP contribution is -2.16. The molecule has 0 fully saturated rings. The summed E-state index contributed by atoms with van der Waals surface area (Å²) in [5, 5.41) is 6.53. The molecule has 5 rings (SSSR count). The second-order valence-electron chi connectivity index (χ2n) is 7.41. The number of ether oxygens (including phenoxy) is 1. The Hall–Kier alpha value is -4.10. The van der Waals surface area contributed by atoms with Crippen LogP contribution in [0.5, 0.6) is 5.88 Å². The van der Waals surface area contributed by atoms with E-state index in [0.29, 0.717) is 16.9 Å². The van der Waals surface area contributed by atoms with Crippen molar-refractivity contribution in [1.82, 2.24) is 24.6 Å². The molecule has 4 aromatic heterocycles. The molecule has 0 aliphatic rings. The minimum Gasteiger partial charge on any atom is -0.480 e. The third kappa shape index (κ3) is 3.91. The van der Waals surface area contributed by atoms with Crippen LogP contribution in [-0.2, 0) is 10.0 Å². The second-order valence-corrected chi connectivity index (χ2v) is 9.49. The SMILES string of the molecule is COc1ncc(Cl)cc1S(=O)(=O)Nc1ccc(F)c(-c2ccc3c(-c4ccn[nH]4)ncn3c2F)c1F. The van der Waals surface area contributed by atoms with Gasteiger partial charge in [-0.25, -0.2) is 27.2 Å². The van der Waals surface area contributed by atoms with Crippen LogP contribution in [0, 0.1) is 17.6 Å². The Kier molecular flexibility index (Phi) is 5.80. The van der Waals surface area contributed by atoms with Gasteiger partial charge in [0.05, 0.1) is 34.6 Å². The smallest absolute Gasteiger partial charge is 0.267 e. The van der Waals surface area contributed by atoms with Crippen LogP contribution >= 0.6 is 11.6 Å². The van der Waals surface area contributed by atoms with Gasteiger partial charge in [-0.2, -0.15) is 9.49 Å². The molecule has 0 spiro atoms. The number of hydrogen-bond acceptors (Lipinski definition) is 6. The maximum Gasteiger partial charge on any atom is 0.267 e. The van der Waals surface area contributed by atoms with Crippen LogP contribution in [0.25, 0.3) is 28.0 Å². The van der Waals surface area contributed by atoms with Crippen molar-refractivity contribution in [3.05, 3.63) is 77.7 Å². The fourth-order valence-corrected chi connectivity index (χ4v) is 5.08. The van der Waals surface area contributed by atoms with Crippen molar-refractivity contribution in [2.24, 2.45) is 0 Å². The Morgan fingerprint density at radius 3 is 2.64 bits per heavy atom. The van der Waals surface area contributed by atoms with Crippen molar-refractivity contribution in [2.45, 2.75) is 4.90 Å². The van der Waals surface area contributed by atoms with Crippen LogP contribution in [0.2, 0.25) is 5.02 Å². The van der Waals surface area contributed by atoms with Gasteiger partial charge in [0.15, 0.2) is 10.7 Å². The third-order valence-electron chi connectivity index (χ3n) is 5.27. The number of benzene rings is 1. The van der Waals surface area contributed by atoms with E-state index in [9.17, 15) is 12.8 Å². The number of fused-ring (bicyclic) bond motifs is 1. The van der Waals surface area contributed by atoms with Crippen molar-refractivity contribution in [2.75, 3.05) is 11.8 Å². The van der Waals surface area contributed by atoms with Gasteiger partial charge in [-0.1, -0.05) is 11.6 Å². The van der Waals surface area contributed by atoms with Crippen molar-refractivity contribution in [3.63, 3.8) is 0 Å². The van der Waals surface area contributed by atoms with Gasteiger partial charge < -0.3 is 4.74 Å². The molecule has 2 N–H and O–H groups in total. The van der Waals surface area contributed by atoms with Gasteiger partial charge in [0.1, 0.15) is 17.8 Å². The van der Waals surface area contributed by atoms with Crippen LogP contribution in [0.4, 0.5) is 18.9 Å². The standard InChI is InChI=1S/C22H14ClF3N6O3S/c1-35-22-17(8-11(23)9-27-22)36(33,34)31-14-4-3-13(24)18(19(14)25)12-2-5-16-20(15-6-7-29-30-15)28-10-32(16)21(12)26/h2-10,31H,1H3,(H,29,30). The van der Waals surface area contributed by atoms with Crippen LogP contribution in [0.3, 0.4) is 0 Å². The van der Waals surface area contributed by atoms with E-state index >= 15 is 8.78 Å². The number of methoxy groups -OCH3 is 1. The summed E-state index contributed by atoms with van der Waals surface area (Å²) >= 11 is 5.85. The first-order valence-corrected chi connectivity index (χ1v) is 11.9. The van der Waals surface area contributed by atoms with Crippen LogP contribution in [0.1, 0.15) is 0 Å². The zero-order chi connectivity index (χ0) is 25.6. The lowest BCUT2D eigenvalue weighted by atomic mass is 10.0. The quantitative estimate of drug-likeness (QED) is 0.306. The lowest BCUT2D eigenvalue weighted by Gasteiger charge is -2.14. The molecule has 0 saturated heterocycles. The number of sulfonamides is 1. The largest absolute Gasteiger partial charge is 0.480 e. The summed E-state index contributed by atoms with van der Waals surface area (Å²) in [6, 6.07) is 6.99. The van der Waals surface area contributed by atoms with Gasteiger partial charge in [0, 0.05) is 18.0 Å². The van der Waals surface area contributed by atoms with E-state index < -0.39 is 49.3 Å². The Balaban J connectivity index is 1.60. The summed E-state index contributed by atoms with van der Waals surface area (Å²) in [5.41, 5.74) is -0.638. The van der Waals surface area contributed by atoms with E-state index in [2.05, 4.69) is 20.2 Å². The Bertz CT molecular complexity index is 1730. The van der Waals surface area contributed by atoms with Gasteiger partial charge in [0.25, 0.3) is 10.0 Å². The molecular weight excluding hydrogens is 521 g/mol. The predicted molar refractivity (Wildman–Crippen MR) is 125 cm³/mol. The zero-order valence-corrected chi connectivity index (χ0v) is 19.7. The molecule has 184 valence electrons. The molecule has 0 unspecified atom stereocenters. The highest BCUT2D eigenvalue weighted by molar-refractivity contribution is 7.92. The third-order valence-corrected chi connectivity index (χ3v) is 6.84. The van der Waals surface area contributed by atoms with Crippen molar-refractivity contribution < 1.29 is 26.3 Å². The Morgan fingerprint density at radius 1 is 1.11 bits per heavy atom. The summed E-state index contributed by atoms with van der Waals surface area (Å²) in [7, 11) is -3.29. The van der Waals surface area contributed by atoms with Crippen molar-refractivity contribution in [3.8, 4) is 28.4 Å². The van der Waals surface area contributed by atoms with Crippen LogP contribution < -0.4 is 9.46 Å². The second kappa shape index (κ2) is 8.84. The molecule has 5 aromatic rings. The van der Waals surface area contributed by atoms with Crippen molar-refractivity contribution in [1.29, 1.82) is 0 Å². The fraction of sp³-hybridized carbons (Fsp3) is 0.0455. The number of anilines is 1. The Labute approximate surface area is 206 Å². The lowest BCUT2D eigenvalue weighted by molar-refractivity contribution is 0.385. The molecule has 4 heterocycles. The van der Waals surface area contributed by atoms with Gasteiger partial charge in [-0.3, -0.25) is 14.2 Å². The highest BCUT2D eigenvalue weighted by Gasteiger charge is 2.26. The molecular formula is C22H14ClF3N6O3S. The first kappa shape index (κ1) is 23.6. The number of pyridine rings is 2. The van der Waals surface area contributed by atoms with Gasteiger partial charge >= 0.3 is 0 Å². The highest BCUT2D eigenvalue weighted by Crippen LogP contribution is 2.35. The molecule has 36 heavy (non-hydrogen) atoms. The molecule has 14 heteroatoms. The molecule has 0 aliphatic carbocycles. The molecule has 1 aromatic carbocycles. The fourth-order valence-electron chi connectivity index (χ4n) is 3.65. The first-order chi connectivity index (χ1) is 17.2. The van der Waals surface area contributed by atoms with E-state index in [4.69, 9.17) is 16.3 Å². The Morgan fingerprint density at radius 2 is 1.92 bits per heavy atom. The van der Waals surface area contributed by atoms with Crippen LogP contribution in [0.15, 0.2) is 60.0 Å².